The Morgan fingerprint density at radius 2 is 1.85 bits per heavy atom. The van der Waals surface area contributed by atoms with Gasteiger partial charge in [-0.15, -0.1) is 0 Å². The van der Waals surface area contributed by atoms with Crippen LogP contribution in [0.2, 0.25) is 0 Å². The van der Waals surface area contributed by atoms with E-state index in [2.05, 4.69) is 4.99 Å². The number of benzene rings is 2. The van der Waals surface area contributed by atoms with Crippen molar-refractivity contribution in [1.82, 2.24) is 0 Å². The van der Waals surface area contributed by atoms with Crippen LogP contribution in [0.15, 0.2) is 65.3 Å². The van der Waals surface area contributed by atoms with Gasteiger partial charge < -0.3 is 10.2 Å². The smallest absolute Gasteiger partial charge is 0.317 e. The first kappa shape index (κ1) is 18.7. The number of hydrogen-bond acceptors (Lipinski definition) is 5. The molecule has 0 saturated heterocycles. The van der Waals surface area contributed by atoms with Crippen LogP contribution in [-0.4, -0.2) is 32.5 Å². The van der Waals surface area contributed by atoms with E-state index in [4.69, 9.17) is 0 Å². The van der Waals surface area contributed by atoms with Gasteiger partial charge in [-0.1, -0.05) is 55.1 Å². The molecule has 1 unspecified atom stereocenters. The summed E-state index contributed by atoms with van der Waals surface area (Å²) in [5.74, 6) is -1.28. The highest BCUT2D eigenvalue weighted by molar-refractivity contribution is 8.15. The number of thioether (sulfide) groups is 1. The molecule has 1 aliphatic heterocycles. The lowest BCUT2D eigenvalue weighted by Gasteiger charge is -2.19. The number of anilines is 1. The van der Waals surface area contributed by atoms with Crippen LogP contribution in [0, 0.1) is 0 Å². The number of phenolic OH excluding ortho intramolecular Hbond substituents is 1. The number of aromatic hydroxyl groups is 1. The van der Waals surface area contributed by atoms with Crippen LogP contribution in [0.25, 0.3) is 6.08 Å². The van der Waals surface area contributed by atoms with Gasteiger partial charge in [0.2, 0.25) is 0 Å². The second-order valence-corrected chi connectivity index (χ2v) is 6.98. The van der Waals surface area contributed by atoms with Crippen LogP contribution in [0.3, 0.4) is 0 Å². The first-order chi connectivity index (χ1) is 13.0. The molecule has 2 aromatic carbocycles. The standard InChI is InChI=1S/C20H18N2O4S/c1-2-17(19(25)26)27-20-21-15(12-13-8-6-7-11-16(13)23)18(24)22(20)14-9-4-3-5-10-14/h3-12,17,23H,2H2,1H3,(H,25,26)/b15-12-. The average Bonchev–Trinajstić information content (AvgIpc) is 2.97. The minimum absolute atomic E-state index is 0.0392. The number of aliphatic imine (C=N–C) groups is 1. The molecule has 7 heteroatoms. The number of amidine groups is 1. The minimum atomic E-state index is -0.955. The summed E-state index contributed by atoms with van der Waals surface area (Å²) in [6.45, 7) is 1.77. The molecule has 1 amide bonds. The van der Waals surface area contributed by atoms with E-state index in [1.807, 2.05) is 6.07 Å². The number of carbonyl (C=O) groups excluding carboxylic acids is 1. The number of aliphatic carboxylic acids is 1. The number of carbonyl (C=O) groups is 2. The van der Waals surface area contributed by atoms with Gasteiger partial charge in [0.25, 0.3) is 5.91 Å². The Labute approximate surface area is 160 Å². The van der Waals surface area contributed by atoms with Gasteiger partial charge in [-0.25, -0.2) is 4.99 Å². The lowest BCUT2D eigenvalue weighted by molar-refractivity contribution is -0.136. The Balaban J connectivity index is 2.03. The van der Waals surface area contributed by atoms with E-state index >= 15 is 0 Å². The highest BCUT2D eigenvalue weighted by Gasteiger charge is 2.34. The lowest BCUT2D eigenvalue weighted by atomic mass is 10.1. The molecule has 1 heterocycles. The molecule has 1 aliphatic rings. The number of amides is 1. The second kappa shape index (κ2) is 8.09. The first-order valence-electron chi connectivity index (χ1n) is 8.38. The summed E-state index contributed by atoms with van der Waals surface area (Å²) in [6, 6.07) is 15.6. The van der Waals surface area contributed by atoms with E-state index in [1.165, 1.54) is 17.0 Å². The van der Waals surface area contributed by atoms with E-state index < -0.39 is 11.2 Å². The van der Waals surface area contributed by atoms with E-state index in [0.717, 1.165) is 11.8 Å². The van der Waals surface area contributed by atoms with Gasteiger partial charge in [0.1, 0.15) is 16.7 Å². The lowest BCUT2D eigenvalue weighted by Crippen LogP contribution is -2.32. The van der Waals surface area contributed by atoms with Crippen LogP contribution in [0.1, 0.15) is 18.9 Å². The third-order valence-corrected chi connectivity index (χ3v) is 5.27. The molecule has 0 bridgehead atoms. The predicted octanol–water partition coefficient (Wildman–Crippen LogP) is 3.73. The summed E-state index contributed by atoms with van der Waals surface area (Å²) >= 11 is 1.04. The van der Waals surface area contributed by atoms with Crippen molar-refractivity contribution < 1.29 is 19.8 Å². The normalized spacial score (nSPS) is 16.5. The van der Waals surface area contributed by atoms with Gasteiger partial charge >= 0.3 is 5.97 Å². The third-order valence-electron chi connectivity index (χ3n) is 3.97. The van der Waals surface area contributed by atoms with Crippen LogP contribution < -0.4 is 4.90 Å². The summed E-state index contributed by atoms with van der Waals surface area (Å²) in [7, 11) is 0. The van der Waals surface area contributed by atoms with E-state index in [9.17, 15) is 19.8 Å². The van der Waals surface area contributed by atoms with Crippen LogP contribution in [0.5, 0.6) is 5.75 Å². The zero-order valence-electron chi connectivity index (χ0n) is 14.6. The van der Waals surface area contributed by atoms with E-state index in [-0.39, 0.29) is 17.4 Å². The molecule has 0 aromatic heterocycles. The average molecular weight is 382 g/mol. The van der Waals surface area contributed by atoms with Crippen molar-refractivity contribution in [3.05, 3.63) is 65.9 Å². The van der Waals surface area contributed by atoms with Crippen molar-refractivity contribution in [2.45, 2.75) is 18.6 Å². The number of para-hydroxylation sites is 2. The van der Waals surface area contributed by atoms with E-state index in [1.54, 1.807) is 49.4 Å². The van der Waals surface area contributed by atoms with Crippen molar-refractivity contribution >= 4 is 40.6 Å². The maximum Gasteiger partial charge on any atom is 0.317 e. The number of phenols is 1. The number of carboxylic acid groups (broad SMARTS) is 1. The van der Waals surface area contributed by atoms with Gasteiger partial charge in [-0.05, 0) is 30.7 Å². The van der Waals surface area contributed by atoms with Gasteiger partial charge in [0.05, 0.1) is 5.69 Å². The van der Waals surface area contributed by atoms with Gasteiger partial charge in [0, 0.05) is 5.56 Å². The zero-order valence-corrected chi connectivity index (χ0v) is 15.4. The summed E-state index contributed by atoms with van der Waals surface area (Å²) in [5, 5.41) is 18.9. The van der Waals surface area contributed by atoms with Gasteiger partial charge in [-0.2, -0.15) is 0 Å². The Bertz CT molecular complexity index is 925. The second-order valence-electron chi connectivity index (χ2n) is 5.81. The molecule has 0 saturated carbocycles. The largest absolute Gasteiger partial charge is 0.507 e. The third kappa shape index (κ3) is 4.03. The summed E-state index contributed by atoms with van der Waals surface area (Å²) < 4.78 is 0. The summed E-state index contributed by atoms with van der Waals surface area (Å²) in [5.41, 5.74) is 1.21. The van der Waals surface area contributed by atoms with Gasteiger partial charge in [0.15, 0.2) is 5.17 Å². The Morgan fingerprint density at radius 3 is 2.48 bits per heavy atom. The molecule has 0 aliphatic carbocycles. The Hall–Kier alpha value is -3.06. The molecule has 2 aromatic rings. The fourth-order valence-electron chi connectivity index (χ4n) is 2.57. The summed E-state index contributed by atoms with van der Waals surface area (Å²) in [6.07, 6.45) is 1.90. The number of hydrogen-bond donors (Lipinski definition) is 2. The highest BCUT2D eigenvalue weighted by atomic mass is 32.2. The van der Waals surface area contributed by atoms with Gasteiger partial charge in [-0.3, -0.25) is 14.5 Å². The van der Waals surface area contributed by atoms with Crippen LogP contribution >= 0.6 is 11.8 Å². The van der Waals surface area contributed by atoms with Crippen LogP contribution in [-0.2, 0) is 9.59 Å². The number of carboxylic acids is 1. The maximum atomic E-state index is 13.0. The molecular weight excluding hydrogens is 364 g/mol. The quantitative estimate of drug-likeness (QED) is 0.769. The maximum absolute atomic E-state index is 13.0. The van der Waals surface area contributed by atoms with E-state index in [0.29, 0.717) is 22.8 Å². The Kier molecular flexibility index (Phi) is 5.61. The van der Waals surface area contributed by atoms with Crippen molar-refractivity contribution in [3.63, 3.8) is 0 Å². The SMILES string of the molecule is CCC(SC1=N/C(=C\c2ccccc2O)C(=O)N1c1ccccc1)C(=O)O. The topological polar surface area (TPSA) is 90.2 Å². The molecule has 6 nitrogen and oxygen atoms in total. The fourth-order valence-corrected chi connectivity index (χ4v) is 3.54. The predicted molar refractivity (Wildman–Crippen MR) is 107 cm³/mol. The molecular formula is C20H18N2O4S. The molecule has 2 N–H and O–H groups in total. The molecule has 0 fully saturated rings. The van der Waals surface area contributed by atoms with Crippen molar-refractivity contribution in [1.29, 1.82) is 0 Å². The number of rotatable bonds is 5. The first-order valence-corrected chi connectivity index (χ1v) is 9.26. The molecule has 1 atom stereocenters. The monoisotopic (exact) mass is 382 g/mol. The molecule has 3 rings (SSSR count). The molecule has 27 heavy (non-hydrogen) atoms. The Morgan fingerprint density at radius 1 is 1.19 bits per heavy atom. The highest BCUT2D eigenvalue weighted by Crippen LogP contribution is 2.32. The molecule has 0 radical (unpaired) electrons. The van der Waals surface area contributed by atoms with Crippen molar-refractivity contribution in [2.24, 2.45) is 4.99 Å². The van der Waals surface area contributed by atoms with Crippen molar-refractivity contribution in [2.75, 3.05) is 4.90 Å². The summed E-state index contributed by atoms with van der Waals surface area (Å²) in [4.78, 5) is 30.2. The zero-order chi connectivity index (χ0) is 19.4. The fraction of sp³-hybridized carbons (Fsp3) is 0.150. The minimum Gasteiger partial charge on any atom is -0.507 e. The van der Waals surface area contributed by atoms with Crippen LogP contribution in [0.4, 0.5) is 5.69 Å². The molecule has 0 spiro atoms. The number of nitrogens with zero attached hydrogens (tertiary/aromatic N) is 2. The van der Waals surface area contributed by atoms with Crippen molar-refractivity contribution in [3.8, 4) is 5.75 Å². The molecule has 138 valence electrons.